The van der Waals surface area contributed by atoms with Crippen LogP contribution in [0.1, 0.15) is 5.56 Å². The number of hydrogen-bond acceptors (Lipinski definition) is 2. The average Bonchev–Trinajstić information content (AvgIpc) is 2.42. The van der Waals surface area contributed by atoms with Crippen LogP contribution in [-0.4, -0.2) is 11.2 Å². The van der Waals surface area contributed by atoms with Gasteiger partial charge >= 0.3 is 0 Å². The second-order valence-corrected chi connectivity index (χ2v) is 5.96. The molecule has 0 spiro atoms. The van der Waals surface area contributed by atoms with Crippen LogP contribution in [0, 0.1) is 3.57 Å². The minimum atomic E-state index is -0.349. The maximum absolute atomic E-state index is 12.1. The fraction of sp³-hybridized carbons (Fsp3) is 0.133. The van der Waals surface area contributed by atoms with E-state index in [2.05, 4.69) is 40.5 Å². The van der Waals surface area contributed by atoms with E-state index in [1.165, 1.54) is 0 Å². The van der Waals surface area contributed by atoms with E-state index in [9.17, 15) is 4.79 Å². The van der Waals surface area contributed by atoms with Gasteiger partial charge in [0.15, 0.2) is 0 Å². The van der Waals surface area contributed by atoms with Crippen LogP contribution in [0.2, 0.25) is 0 Å². The van der Waals surface area contributed by atoms with Crippen molar-refractivity contribution in [1.29, 1.82) is 0 Å². The summed E-state index contributed by atoms with van der Waals surface area (Å²) >= 11 is 6.59. The molecule has 2 aromatic carbocycles. The first-order chi connectivity index (χ1) is 9.16. The van der Waals surface area contributed by atoms with E-state index < -0.39 is 0 Å². The lowest BCUT2D eigenvalue weighted by atomic mass is 10.1. The van der Waals surface area contributed by atoms with Gasteiger partial charge in [0, 0.05) is 3.57 Å². The molecule has 1 atom stereocenters. The minimum absolute atomic E-state index is 0.0729. The van der Waals surface area contributed by atoms with Gasteiger partial charge in [0.2, 0.25) is 5.91 Å². The lowest BCUT2D eigenvalue weighted by Crippen LogP contribution is -2.25. The fourth-order valence-electron chi connectivity index (χ4n) is 1.71. The zero-order valence-electron chi connectivity index (χ0n) is 10.2. The predicted molar refractivity (Wildman–Crippen MR) is 90.7 cm³/mol. The van der Waals surface area contributed by atoms with Crippen molar-refractivity contribution in [3.05, 3.63) is 63.7 Å². The number of benzene rings is 2. The molecule has 19 heavy (non-hydrogen) atoms. The van der Waals surface area contributed by atoms with Gasteiger partial charge in [-0.25, -0.2) is 0 Å². The maximum atomic E-state index is 12.1. The lowest BCUT2D eigenvalue weighted by molar-refractivity contribution is -0.115. The first-order valence-corrected chi connectivity index (χ1v) is 7.53. The van der Waals surface area contributed by atoms with Crippen LogP contribution in [-0.2, 0) is 11.2 Å². The summed E-state index contributed by atoms with van der Waals surface area (Å²) in [6.07, 6.45) is 0.624. The van der Waals surface area contributed by atoms with E-state index in [0.717, 1.165) is 14.8 Å². The summed E-state index contributed by atoms with van der Waals surface area (Å²) < 4.78 is 1.02. The number of anilines is 1. The summed E-state index contributed by atoms with van der Waals surface area (Å²) in [5.74, 6) is -0.0729. The van der Waals surface area contributed by atoms with Crippen molar-refractivity contribution < 1.29 is 4.79 Å². The van der Waals surface area contributed by atoms with Crippen LogP contribution in [0.15, 0.2) is 54.6 Å². The molecule has 0 aliphatic carbocycles. The van der Waals surface area contributed by atoms with Crippen LogP contribution in [0.4, 0.5) is 5.69 Å². The highest BCUT2D eigenvalue weighted by Gasteiger charge is 2.15. The van der Waals surface area contributed by atoms with Crippen LogP contribution in [0.25, 0.3) is 0 Å². The first kappa shape index (κ1) is 14.4. The van der Waals surface area contributed by atoms with Gasteiger partial charge in [-0.2, -0.15) is 12.6 Å². The number of halogens is 1. The summed E-state index contributed by atoms with van der Waals surface area (Å²) in [6.45, 7) is 0. The standard InChI is InChI=1S/C15H14INOS/c16-12-8-4-5-9-13(12)17-15(18)14(19)10-11-6-2-1-3-7-11/h1-9,14,19H,10H2,(H,17,18). The molecule has 0 heterocycles. The van der Waals surface area contributed by atoms with Crippen molar-refractivity contribution in [3.63, 3.8) is 0 Å². The Labute approximate surface area is 132 Å². The Morgan fingerprint density at radius 2 is 1.74 bits per heavy atom. The normalized spacial score (nSPS) is 11.9. The Hall–Kier alpha value is -1.01. The highest BCUT2D eigenvalue weighted by atomic mass is 127. The molecule has 4 heteroatoms. The summed E-state index contributed by atoms with van der Waals surface area (Å²) in [5, 5.41) is 2.56. The quantitative estimate of drug-likeness (QED) is 0.611. The number of carbonyl (C=O) groups is 1. The highest BCUT2D eigenvalue weighted by molar-refractivity contribution is 14.1. The molecule has 2 rings (SSSR count). The number of para-hydroxylation sites is 1. The van der Waals surface area contributed by atoms with E-state index >= 15 is 0 Å². The fourth-order valence-corrected chi connectivity index (χ4v) is 2.51. The Kier molecular flexibility index (Phi) is 5.27. The third-order valence-corrected chi connectivity index (χ3v) is 4.06. The second-order valence-electron chi connectivity index (χ2n) is 4.17. The summed E-state index contributed by atoms with van der Waals surface area (Å²) in [6, 6.07) is 17.6. The van der Waals surface area contributed by atoms with Crippen LogP contribution < -0.4 is 5.32 Å². The molecule has 98 valence electrons. The van der Waals surface area contributed by atoms with Gasteiger partial charge in [0.05, 0.1) is 10.9 Å². The van der Waals surface area contributed by atoms with Crippen molar-refractivity contribution in [2.45, 2.75) is 11.7 Å². The summed E-state index contributed by atoms with van der Waals surface area (Å²) in [7, 11) is 0. The molecule has 2 nitrogen and oxygen atoms in total. The SMILES string of the molecule is O=C(Nc1ccccc1I)C(S)Cc1ccccc1. The zero-order valence-corrected chi connectivity index (χ0v) is 13.3. The second kappa shape index (κ2) is 6.96. The van der Waals surface area contributed by atoms with Crippen molar-refractivity contribution >= 4 is 46.8 Å². The van der Waals surface area contributed by atoms with Crippen LogP contribution >= 0.6 is 35.2 Å². The first-order valence-electron chi connectivity index (χ1n) is 5.94. The topological polar surface area (TPSA) is 29.1 Å². The van der Waals surface area contributed by atoms with Crippen molar-refractivity contribution in [2.24, 2.45) is 0 Å². The highest BCUT2D eigenvalue weighted by Crippen LogP contribution is 2.18. The van der Waals surface area contributed by atoms with Gasteiger partial charge in [-0.3, -0.25) is 4.79 Å². The molecule has 0 saturated heterocycles. The van der Waals surface area contributed by atoms with E-state index in [1.54, 1.807) is 0 Å². The molecule has 1 unspecified atom stereocenters. The van der Waals surface area contributed by atoms with Crippen LogP contribution in [0.5, 0.6) is 0 Å². The Morgan fingerprint density at radius 1 is 1.11 bits per heavy atom. The molecule has 0 saturated carbocycles. The molecular weight excluding hydrogens is 369 g/mol. The number of hydrogen-bond donors (Lipinski definition) is 2. The third-order valence-electron chi connectivity index (χ3n) is 2.71. The summed E-state index contributed by atoms with van der Waals surface area (Å²) in [4.78, 5) is 12.1. The predicted octanol–water partition coefficient (Wildman–Crippen LogP) is 3.77. The van der Waals surface area contributed by atoms with E-state index in [1.807, 2.05) is 54.6 Å². The smallest absolute Gasteiger partial charge is 0.237 e. The molecule has 0 bridgehead atoms. The number of carbonyl (C=O) groups excluding carboxylic acids is 1. The monoisotopic (exact) mass is 383 g/mol. The third kappa shape index (κ3) is 4.24. The number of amides is 1. The van der Waals surface area contributed by atoms with Gasteiger partial charge in [0.1, 0.15) is 0 Å². The molecule has 0 radical (unpaired) electrons. The minimum Gasteiger partial charge on any atom is -0.324 e. The summed E-state index contributed by atoms with van der Waals surface area (Å²) in [5.41, 5.74) is 1.95. The number of thiol groups is 1. The molecule has 1 N–H and O–H groups in total. The van der Waals surface area contributed by atoms with E-state index in [4.69, 9.17) is 0 Å². The van der Waals surface area contributed by atoms with Gasteiger partial charge < -0.3 is 5.32 Å². The Bertz CT molecular complexity index is 559. The largest absolute Gasteiger partial charge is 0.324 e. The van der Waals surface area contributed by atoms with Crippen molar-refractivity contribution in [2.75, 3.05) is 5.32 Å². The van der Waals surface area contributed by atoms with E-state index in [0.29, 0.717) is 6.42 Å². The maximum Gasteiger partial charge on any atom is 0.237 e. The van der Waals surface area contributed by atoms with Crippen molar-refractivity contribution in [1.82, 2.24) is 0 Å². The molecule has 0 aromatic heterocycles. The molecule has 0 aliphatic heterocycles. The van der Waals surface area contributed by atoms with Gasteiger partial charge in [-0.05, 0) is 46.7 Å². The lowest BCUT2D eigenvalue weighted by Gasteiger charge is -2.12. The molecular formula is C15H14INOS. The van der Waals surface area contributed by atoms with Gasteiger partial charge in [0.25, 0.3) is 0 Å². The molecule has 0 fully saturated rings. The Morgan fingerprint density at radius 3 is 2.42 bits per heavy atom. The number of nitrogens with one attached hydrogen (secondary N) is 1. The number of rotatable bonds is 4. The van der Waals surface area contributed by atoms with Gasteiger partial charge in [-0.15, -0.1) is 0 Å². The van der Waals surface area contributed by atoms with E-state index in [-0.39, 0.29) is 11.2 Å². The molecule has 1 amide bonds. The molecule has 2 aromatic rings. The average molecular weight is 383 g/mol. The van der Waals surface area contributed by atoms with Crippen molar-refractivity contribution in [3.8, 4) is 0 Å². The molecule has 0 aliphatic rings. The van der Waals surface area contributed by atoms with Gasteiger partial charge in [-0.1, -0.05) is 42.5 Å². The van der Waals surface area contributed by atoms with Crippen LogP contribution in [0.3, 0.4) is 0 Å². The Balaban J connectivity index is 1.99. The zero-order chi connectivity index (χ0) is 13.7.